The Kier molecular flexibility index (Phi) is 6.48. The Morgan fingerprint density at radius 1 is 1.22 bits per heavy atom. The van der Waals surface area contributed by atoms with Crippen LogP contribution in [0.3, 0.4) is 0 Å². The second-order valence-electron chi connectivity index (χ2n) is 6.56. The van der Waals surface area contributed by atoms with E-state index in [9.17, 15) is 4.79 Å². The summed E-state index contributed by atoms with van der Waals surface area (Å²) < 4.78 is 0. The third kappa shape index (κ3) is 4.35. The quantitative estimate of drug-likeness (QED) is 0.324. The second-order valence-corrected chi connectivity index (χ2v) is 8.43. The molecule has 11 heteroatoms. The van der Waals surface area contributed by atoms with Crippen molar-refractivity contribution in [1.29, 1.82) is 0 Å². The molecule has 0 fully saturated rings. The van der Waals surface area contributed by atoms with Gasteiger partial charge >= 0.3 is 0 Å². The summed E-state index contributed by atoms with van der Waals surface area (Å²) in [4.78, 5) is 25.7. The lowest BCUT2D eigenvalue weighted by molar-refractivity contribution is -0.115. The molecular weight excluding hydrogens is 469 g/mol. The van der Waals surface area contributed by atoms with Gasteiger partial charge in [-0.2, -0.15) is 5.10 Å². The largest absolute Gasteiger partial charge is 0.311 e. The summed E-state index contributed by atoms with van der Waals surface area (Å²) in [6.45, 7) is 8.08. The maximum absolute atomic E-state index is 11.9. The molecule has 0 bridgehead atoms. The van der Waals surface area contributed by atoms with Crippen LogP contribution in [0.5, 0.6) is 0 Å². The molecule has 0 saturated heterocycles. The number of benzene rings is 1. The molecule has 1 aromatic carbocycles. The van der Waals surface area contributed by atoms with Gasteiger partial charge in [-0.3, -0.25) is 9.89 Å². The van der Waals surface area contributed by atoms with Crippen LogP contribution in [0.2, 0.25) is 10.0 Å². The lowest BCUT2D eigenvalue weighted by atomic mass is 10.0. The van der Waals surface area contributed by atoms with E-state index in [0.717, 1.165) is 5.56 Å². The first-order chi connectivity index (χ1) is 15.5. The number of nitrogens with zero attached hydrogens (tertiary/aromatic N) is 4. The van der Waals surface area contributed by atoms with Crippen LogP contribution in [0.4, 0.5) is 11.5 Å². The van der Waals surface area contributed by atoms with Gasteiger partial charge < -0.3 is 10.6 Å². The molecule has 32 heavy (non-hydrogen) atoms. The fourth-order valence-corrected chi connectivity index (χ4v) is 4.84. The molecule has 8 nitrogen and oxygen atoms in total. The maximum Gasteiger partial charge on any atom is 0.239 e. The summed E-state index contributed by atoms with van der Waals surface area (Å²) in [5, 5.41) is 13.3. The van der Waals surface area contributed by atoms with Crippen LogP contribution in [-0.4, -0.2) is 39.7 Å². The lowest BCUT2D eigenvalue weighted by Crippen LogP contribution is -2.25. The van der Waals surface area contributed by atoms with Crippen LogP contribution < -0.4 is 10.6 Å². The van der Waals surface area contributed by atoms with Gasteiger partial charge in [-0.1, -0.05) is 29.3 Å². The number of pyridine rings is 1. The number of aromatic nitrogens is 4. The summed E-state index contributed by atoms with van der Waals surface area (Å²) in [6.07, 6.45) is 2.99. The Labute approximate surface area is 197 Å². The number of aromatic amines is 1. The van der Waals surface area contributed by atoms with Crippen LogP contribution in [0, 0.1) is 6.57 Å². The van der Waals surface area contributed by atoms with E-state index in [0.29, 0.717) is 48.3 Å². The number of amides is 1. The highest BCUT2D eigenvalue weighted by Crippen LogP contribution is 2.53. The van der Waals surface area contributed by atoms with E-state index >= 15 is 0 Å². The van der Waals surface area contributed by atoms with Gasteiger partial charge in [0.25, 0.3) is 0 Å². The third-order valence-electron chi connectivity index (χ3n) is 4.45. The number of rotatable bonds is 6. The summed E-state index contributed by atoms with van der Waals surface area (Å²) in [6, 6.07) is 8.65. The SMILES string of the molecule is [C-]#[N+]c1c(-c2ccnc(NC(=O)CNC)c2)sc(-c2ncn[nH]2)c1-c1ccc(Cl)cc1Cl. The molecule has 4 rings (SSSR count). The van der Waals surface area contributed by atoms with Gasteiger partial charge in [0.1, 0.15) is 12.1 Å². The molecule has 0 unspecified atom stereocenters. The van der Waals surface area contributed by atoms with Crippen molar-refractivity contribution in [2.45, 2.75) is 0 Å². The van der Waals surface area contributed by atoms with Gasteiger partial charge in [-0.05, 0) is 42.4 Å². The van der Waals surface area contributed by atoms with Crippen molar-refractivity contribution in [3.05, 3.63) is 64.3 Å². The highest BCUT2D eigenvalue weighted by atomic mass is 35.5. The van der Waals surface area contributed by atoms with Crippen LogP contribution in [-0.2, 0) is 4.79 Å². The average molecular weight is 484 g/mol. The summed E-state index contributed by atoms with van der Waals surface area (Å²) in [7, 11) is 1.69. The molecule has 0 aliphatic rings. The standard InChI is InChI=1S/C21H15Cl2N7OS/c1-24-9-16(31)29-15-7-11(5-6-26-15)19-18(25-2)17(13-4-3-12(22)8-14(13)23)20(32-19)21-27-10-28-30-21/h3-8,10,24H,9H2,1H3,(H,26,29,31)(H,27,28,30). The van der Waals surface area contributed by atoms with Crippen molar-refractivity contribution in [2.24, 2.45) is 0 Å². The molecule has 3 N–H and O–H groups in total. The molecule has 0 saturated carbocycles. The second kappa shape index (κ2) is 9.46. The Hall–Kier alpha value is -3.29. The van der Waals surface area contributed by atoms with E-state index in [1.54, 1.807) is 43.6 Å². The minimum atomic E-state index is -0.218. The number of carbonyl (C=O) groups is 1. The number of anilines is 1. The number of hydrogen-bond acceptors (Lipinski definition) is 6. The first kappa shape index (κ1) is 21.9. The van der Waals surface area contributed by atoms with Gasteiger partial charge in [0.2, 0.25) is 11.6 Å². The van der Waals surface area contributed by atoms with E-state index < -0.39 is 0 Å². The summed E-state index contributed by atoms with van der Waals surface area (Å²) >= 11 is 14.0. The normalized spacial score (nSPS) is 10.7. The molecule has 0 radical (unpaired) electrons. The zero-order valence-corrected chi connectivity index (χ0v) is 18.9. The average Bonchev–Trinajstić information content (AvgIpc) is 3.42. The van der Waals surface area contributed by atoms with Crippen LogP contribution in [0.25, 0.3) is 37.1 Å². The van der Waals surface area contributed by atoms with Gasteiger partial charge in [0, 0.05) is 26.7 Å². The molecule has 0 aliphatic heterocycles. The number of nitrogens with one attached hydrogen (secondary N) is 3. The summed E-state index contributed by atoms with van der Waals surface area (Å²) in [5.74, 6) is 0.688. The molecule has 3 aromatic heterocycles. The molecule has 0 spiro atoms. The molecule has 4 aromatic rings. The minimum absolute atomic E-state index is 0.160. The molecule has 1 amide bonds. The number of thiophene rings is 1. The number of H-pyrrole nitrogens is 1. The van der Waals surface area contributed by atoms with Crippen molar-refractivity contribution < 1.29 is 4.79 Å². The molecule has 0 atom stereocenters. The van der Waals surface area contributed by atoms with E-state index in [1.807, 2.05) is 0 Å². The maximum atomic E-state index is 11.9. The minimum Gasteiger partial charge on any atom is -0.311 e. The van der Waals surface area contributed by atoms with Crippen LogP contribution >= 0.6 is 34.5 Å². The third-order valence-corrected chi connectivity index (χ3v) is 6.23. The van der Waals surface area contributed by atoms with Crippen molar-refractivity contribution in [1.82, 2.24) is 25.5 Å². The Morgan fingerprint density at radius 2 is 2.06 bits per heavy atom. The monoisotopic (exact) mass is 483 g/mol. The van der Waals surface area contributed by atoms with Crippen LogP contribution in [0.1, 0.15) is 0 Å². The van der Waals surface area contributed by atoms with Crippen molar-refractivity contribution in [3.8, 4) is 32.3 Å². The van der Waals surface area contributed by atoms with Crippen molar-refractivity contribution in [2.75, 3.05) is 18.9 Å². The zero-order chi connectivity index (χ0) is 22.7. The smallest absolute Gasteiger partial charge is 0.239 e. The number of likely N-dealkylation sites (N-methyl/N-ethyl adjacent to an activating group) is 1. The van der Waals surface area contributed by atoms with E-state index in [4.69, 9.17) is 29.8 Å². The van der Waals surface area contributed by atoms with E-state index in [1.165, 1.54) is 17.7 Å². The highest BCUT2D eigenvalue weighted by molar-refractivity contribution is 7.20. The van der Waals surface area contributed by atoms with Crippen LogP contribution in [0.15, 0.2) is 42.9 Å². The topological polar surface area (TPSA) is 100.0 Å². The fraction of sp³-hybridized carbons (Fsp3) is 0.0952. The molecule has 160 valence electrons. The number of carbonyl (C=O) groups excluding carboxylic acids is 1. The Balaban J connectivity index is 1.90. The first-order valence-corrected chi connectivity index (χ1v) is 10.8. The lowest BCUT2D eigenvalue weighted by Gasteiger charge is -2.07. The van der Waals surface area contributed by atoms with Crippen molar-refractivity contribution in [3.63, 3.8) is 0 Å². The Bertz CT molecular complexity index is 1330. The number of hydrogen-bond donors (Lipinski definition) is 3. The molecule has 3 heterocycles. The number of halogens is 2. The van der Waals surface area contributed by atoms with E-state index in [-0.39, 0.29) is 12.5 Å². The van der Waals surface area contributed by atoms with Gasteiger partial charge in [0.15, 0.2) is 5.82 Å². The van der Waals surface area contributed by atoms with Gasteiger partial charge in [-0.25, -0.2) is 14.8 Å². The molecular formula is C21H15Cl2N7OS. The summed E-state index contributed by atoms with van der Waals surface area (Å²) in [5.41, 5.74) is 2.43. The predicted octanol–water partition coefficient (Wildman–Crippen LogP) is 5.28. The zero-order valence-electron chi connectivity index (χ0n) is 16.6. The van der Waals surface area contributed by atoms with Gasteiger partial charge in [0.05, 0.1) is 18.0 Å². The molecule has 0 aliphatic carbocycles. The van der Waals surface area contributed by atoms with Gasteiger partial charge in [-0.15, -0.1) is 11.3 Å². The fourth-order valence-electron chi connectivity index (χ4n) is 3.14. The predicted molar refractivity (Wildman–Crippen MR) is 127 cm³/mol. The first-order valence-electron chi connectivity index (χ1n) is 9.28. The highest BCUT2D eigenvalue weighted by Gasteiger charge is 2.25. The van der Waals surface area contributed by atoms with Crippen molar-refractivity contribution >= 4 is 52.0 Å². The van der Waals surface area contributed by atoms with E-state index in [2.05, 4.69) is 35.6 Å². The Morgan fingerprint density at radius 3 is 2.75 bits per heavy atom.